The lowest BCUT2D eigenvalue weighted by molar-refractivity contribution is -0.153. The highest BCUT2D eigenvalue weighted by atomic mass is 16.4. The molecule has 156 valence electrons. The first-order chi connectivity index (χ1) is 13.9. The minimum atomic E-state index is -0.731. The van der Waals surface area contributed by atoms with E-state index in [4.69, 9.17) is 5.21 Å². The fourth-order valence-corrected chi connectivity index (χ4v) is 7.72. The largest absolute Gasteiger partial charge is 0.481 e. The number of carboxylic acid groups (broad SMARTS) is 1. The van der Waals surface area contributed by atoms with Crippen molar-refractivity contribution in [1.82, 2.24) is 0 Å². The summed E-state index contributed by atoms with van der Waals surface area (Å²) >= 11 is 0. The number of carbonyl (C=O) groups is 1. The molecular formula is C24H32N2O3. The van der Waals surface area contributed by atoms with Gasteiger partial charge in [0.1, 0.15) is 0 Å². The quantitative estimate of drug-likeness (QED) is 0.487. The van der Waals surface area contributed by atoms with Gasteiger partial charge in [0.25, 0.3) is 0 Å². The molecule has 1 unspecified atom stereocenters. The Kier molecular flexibility index (Phi) is 5.09. The second kappa shape index (κ2) is 7.31. The third-order valence-corrected chi connectivity index (χ3v) is 9.07. The molecule has 0 amide bonds. The molecule has 0 bridgehead atoms. The van der Waals surface area contributed by atoms with E-state index in [0.717, 1.165) is 57.1 Å². The van der Waals surface area contributed by atoms with Gasteiger partial charge in [0.15, 0.2) is 0 Å². The van der Waals surface area contributed by atoms with Crippen LogP contribution in [0.25, 0.3) is 0 Å². The maximum atomic E-state index is 12.2. The minimum Gasteiger partial charge on any atom is -0.481 e. The van der Waals surface area contributed by atoms with Gasteiger partial charge in [0.05, 0.1) is 17.7 Å². The number of nitriles is 1. The highest BCUT2D eigenvalue weighted by Gasteiger charge is 2.64. The predicted molar refractivity (Wildman–Crippen MR) is 110 cm³/mol. The first-order valence-electron chi connectivity index (χ1n) is 11.2. The van der Waals surface area contributed by atoms with E-state index in [9.17, 15) is 15.2 Å². The van der Waals surface area contributed by atoms with E-state index in [1.54, 1.807) is 5.57 Å². The molecule has 0 aromatic carbocycles. The predicted octanol–water partition coefficient (Wildman–Crippen LogP) is 5.46. The zero-order chi connectivity index (χ0) is 20.8. The number of rotatable bonds is 4. The molecule has 5 nitrogen and oxygen atoms in total. The van der Waals surface area contributed by atoms with Gasteiger partial charge in [0, 0.05) is 11.8 Å². The fourth-order valence-electron chi connectivity index (χ4n) is 7.72. The van der Waals surface area contributed by atoms with Gasteiger partial charge in [-0.2, -0.15) is 5.26 Å². The zero-order valence-corrected chi connectivity index (χ0v) is 17.6. The Balaban J connectivity index is 1.74. The average molecular weight is 397 g/mol. The number of carboxylic acids is 1. The summed E-state index contributed by atoms with van der Waals surface area (Å²) < 4.78 is 0. The van der Waals surface area contributed by atoms with Gasteiger partial charge in [0.2, 0.25) is 0 Å². The third-order valence-electron chi connectivity index (χ3n) is 9.07. The van der Waals surface area contributed by atoms with Crippen molar-refractivity contribution < 1.29 is 15.1 Å². The molecule has 0 heterocycles. The summed E-state index contributed by atoms with van der Waals surface area (Å²) in [5.41, 5.74) is 4.69. The van der Waals surface area contributed by atoms with Crippen LogP contribution >= 0.6 is 0 Å². The molecule has 0 aromatic rings. The smallest absolute Gasteiger partial charge is 0.307 e. The van der Waals surface area contributed by atoms with E-state index >= 15 is 0 Å². The number of oxime groups is 1. The van der Waals surface area contributed by atoms with Gasteiger partial charge in [-0.1, -0.05) is 24.6 Å². The van der Waals surface area contributed by atoms with Crippen molar-refractivity contribution in [2.75, 3.05) is 0 Å². The number of fused-ring (bicyclic) bond motifs is 4. The fraction of sp³-hybridized carbons (Fsp3) is 0.708. The molecular weight excluding hydrogens is 364 g/mol. The highest BCUT2D eigenvalue weighted by molar-refractivity contribution is 5.97. The monoisotopic (exact) mass is 396 g/mol. The number of nitrogens with zero attached hydrogens (tertiary/aromatic N) is 2. The Morgan fingerprint density at radius 2 is 2.10 bits per heavy atom. The maximum Gasteiger partial charge on any atom is 0.307 e. The summed E-state index contributed by atoms with van der Waals surface area (Å²) in [5.74, 6) is -0.190. The maximum absolute atomic E-state index is 12.2. The van der Waals surface area contributed by atoms with E-state index in [1.807, 2.05) is 6.92 Å². The summed E-state index contributed by atoms with van der Waals surface area (Å²) in [4.78, 5) is 12.2. The number of aliphatic carboxylic acids is 1. The van der Waals surface area contributed by atoms with Gasteiger partial charge in [-0.05, 0) is 92.3 Å². The van der Waals surface area contributed by atoms with Crippen LogP contribution in [0.5, 0.6) is 0 Å². The SMILES string of the molecule is CCC(C(=O)O)[C@@]1(CC#N)CC[C@H]2[C@@H]3CCC4=C/C(=N\O)CCC4=C3CC[C@@]21C. The van der Waals surface area contributed by atoms with Crippen LogP contribution in [0, 0.1) is 39.9 Å². The van der Waals surface area contributed by atoms with E-state index in [0.29, 0.717) is 24.7 Å². The summed E-state index contributed by atoms with van der Waals surface area (Å²) in [5, 5.41) is 32.2. The van der Waals surface area contributed by atoms with Crippen LogP contribution in [0.15, 0.2) is 28.0 Å². The molecule has 5 atom stereocenters. The van der Waals surface area contributed by atoms with E-state index in [1.165, 1.54) is 11.1 Å². The Labute approximate surface area is 173 Å². The molecule has 0 aliphatic heterocycles. The lowest BCUT2D eigenvalue weighted by Crippen LogP contribution is -2.50. The van der Waals surface area contributed by atoms with Crippen molar-refractivity contribution >= 4 is 11.7 Å². The molecule has 2 saturated carbocycles. The number of allylic oxidation sites excluding steroid dienone is 4. The van der Waals surface area contributed by atoms with E-state index < -0.39 is 17.3 Å². The Bertz CT molecular complexity index is 849. The molecule has 0 aromatic heterocycles. The van der Waals surface area contributed by atoms with Crippen molar-refractivity contribution in [2.24, 2.45) is 33.7 Å². The summed E-state index contributed by atoms with van der Waals surface area (Å²) in [6.07, 6.45) is 10.8. The van der Waals surface area contributed by atoms with Gasteiger partial charge in [-0.15, -0.1) is 0 Å². The Morgan fingerprint density at radius 1 is 1.31 bits per heavy atom. The molecule has 4 aliphatic rings. The van der Waals surface area contributed by atoms with Crippen LogP contribution in [0.4, 0.5) is 0 Å². The Hall–Kier alpha value is -2.09. The molecule has 5 heteroatoms. The zero-order valence-electron chi connectivity index (χ0n) is 17.6. The minimum absolute atomic E-state index is 0.0931. The van der Waals surface area contributed by atoms with Crippen LogP contribution in [-0.2, 0) is 4.79 Å². The first kappa shape index (κ1) is 20.2. The van der Waals surface area contributed by atoms with Crippen molar-refractivity contribution in [3.63, 3.8) is 0 Å². The number of hydrogen-bond acceptors (Lipinski definition) is 4. The van der Waals surface area contributed by atoms with Gasteiger partial charge in [-0.3, -0.25) is 4.79 Å². The van der Waals surface area contributed by atoms with Crippen molar-refractivity contribution in [2.45, 2.75) is 78.1 Å². The van der Waals surface area contributed by atoms with Crippen LogP contribution in [0.1, 0.15) is 78.1 Å². The molecule has 0 spiro atoms. The Morgan fingerprint density at radius 3 is 2.76 bits per heavy atom. The molecule has 4 aliphatic carbocycles. The lowest BCUT2D eigenvalue weighted by Gasteiger charge is -2.55. The standard InChI is InChI=1S/C24H32N2O3/c1-3-20(22(27)28)24(12-13-25)11-9-21-19-6-4-15-14-16(26-29)5-7-17(15)18(19)8-10-23(21,24)2/h14,19-21,29H,3-12H2,1-2H3,(H,27,28)/b26-16-/t19-,20?,21+,23+,24+/m1/s1. The molecule has 4 rings (SSSR count). The van der Waals surface area contributed by atoms with E-state index in [-0.39, 0.29) is 5.41 Å². The number of hydrogen-bond donors (Lipinski definition) is 2. The molecule has 2 N–H and O–H groups in total. The van der Waals surface area contributed by atoms with E-state index in [2.05, 4.69) is 24.2 Å². The van der Waals surface area contributed by atoms with Crippen molar-refractivity contribution in [1.29, 1.82) is 5.26 Å². The second-order valence-electron chi connectivity index (χ2n) is 9.76. The highest BCUT2D eigenvalue weighted by Crippen LogP contribution is 2.70. The van der Waals surface area contributed by atoms with Crippen LogP contribution in [0.3, 0.4) is 0 Å². The molecule has 0 radical (unpaired) electrons. The van der Waals surface area contributed by atoms with Gasteiger partial charge >= 0.3 is 5.97 Å². The van der Waals surface area contributed by atoms with Gasteiger partial charge in [-0.25, -0.2) is 0 Å². The summed E-state index contributed by atoms with van der Waals surface area (Å²) in [7, 11) is 0. The second-order valence-corrected chi connectivity index (χ2v) is 9.76. The molecule has 2 fully saturated rings. The topological polar surface area (TPSA) is 93.7 Å². The summed E-state index contributed by atoms with van der Waals surface area (Å²) in [6.45, 7) is 4.27. The molecule has 0 saturated heterocycles. The van der Waals surface area contributed by atoms with Crippen LogP contribution in [0.2, 0.25) is 0 Å². The van der Waals surface area contributed by atoms with Crippen LogP contribution < -0.4 is 0 Å². The lowest BCUT2D eigenvalue weighted by atomic mass is 9.48. The summed E-state index contributed by atoms with van der Waals surface area (Å²) in [6, 6.07) is 2.39. The van der Waals surface area contributed by atoms with Crippen molar-refractivity contribution in [3.8, 4) is 6.07 Å². The average Bonchev–Trinajstić information content (AvgIpc) is 3.01. The third kappa shape index (κ3) is 2.79. The van der Waals surface area contributed by atoms with Crippen LogP contribution in [-0.4, -0.2) is 22.0 Å². The first-order valence-corrected chi connectivity index (χ1v) is 11.2. The van der Waals surface area contributed by atoms with Gasteiger partial charge < -0.3 is 10.3 Å². The van der Waals surface area contributed by atoms with Crippen molar-refractivity contribution in [3.05, 3.63) is 22.8 Å². The molecule has 29 heavy (non-hydrogen) atoms. The normalized spacial score (nSPS) is 38.5.